The van der Waals surface area contributed by atoms with Gasteiger partial charge in [0, 0.05) is 13.1 Å². The standard InChI is InChI=1S/C5H10N2S.ClH/c6-5(8)7-3-1-2-4-7;/h1-4H2,(H2,6,8);1H. The van der Waals surface area contributed by atoms with E-state index < -0.39 is 0 Å². The molecule has 1 fully saturated rings. The number of nitrogens with zero attached hydrogens (tertiary/aromatic N) is 1. The van der Waals surface area contributed by atoms with Gasteiger partial charge in [-0.3, -0.25) is 0 Å². The highest BCUT2D eigenvalue weighted by atomic mass is 35.5. The first-order valence-corrected chi connectivity index (χ1v) is 3.26. The molecule has 0 aromatic heterocycles. The monoisotopic (exact) mass is 166 g/mol. The van der Waals surface area contributed by atoms with Gasteiger partial charge in [-0.05, 0) is 25.1 Å². The summed E-state index contributed by atoms with van der Waals surface area (Å²) in [5.74, 6) is 0. The van der Waals surface area contributed by atoms with Crippen LogP contribution in [0.1, 0.15) is 12.8 Å². The van der Waals surface area contributed by atoms with Crippen molar-refractivity contribution in [2.24, 2.45) is 5.73 Å². The van der Waals surface area contributed by atoms with Crippen molar-refractivity contribution in [2.45, 2.75) is 12.8 Å². The minimum atomic E-state index is 0. The lowest BCUT2D eigenvalue weighted by Crippen LogP contribution is -2.32. The first-order valence-electron chi connectivity index (χ1n) is 2.85. The summed E-state index contributed by atoms with van der Waals surface area (Å²) in [7, 11) is 0. The highest BCUT2D eigenvalue weighted by Crippen LogP contribution is 2.05. The molecule has 1 rings (SSSR count). The Kier molecular flexibility index (Phi) is 3.89. The Bertz CT molecular complexity index is 101. The molecule has 4 heteroatoms. The van der Waals surface area contributed by atoms with Crippen molar-refractivity contribution in [2.75, 3.05) is 13.1 Å². The van der Waals surface area contributed by atoms with Crippen LogP contribution < -0.4 is 5.73 Å². The molecule has 2 N–H and O–H groups in total. The van der Waals surface area contributed by atoms with Gasteiger partial charge in [0.2, 0.25) is 0 Å². The predicted molar refractivity (Wildman–Crippen MR) is 44.8 cm³/mol. The first-order chi connectivity index (χ1) is 3.80. The fourth-order valence-electron chi connectivity index (χ4n) is 0.938. The van der Waals surface area contributed by atoms with E-state index in [1.807, 2.05) is 4.90 Å². The lowest BCUT2D eigenvalue weighted by Gasteiger charge is -2.12. The Labute approximate surface area is 66.8 Å². The second-order valence-electron chi connectivity index (χ2n) is 2.03. The van der Waals surface area contributed by atoms with Gasteiger partial charge < -0.3 is 10.6 Å². The smallest absolute Gasteiger partial charge is 0.166 e. The van der Waals surface area contributed by atoms with Crippen molar-refractivity contribution in [1.82, 2.24) is 4.90 Å². The van der Waals surface area contributed by atoms with Gasteiger partial charge in [0.25, 0.3) is 0 Å². The van der Waals surface area contributed by atoms with Crippen molar-refractivity contribution >= 4 is 29.7 Å². The molecule has 0 bridgehead atoms. The summed E-state index contributed by atoms with van der Waals surface area (Å²) in [6.45, 7) is 2.13. The van der Waals surface area contributed by atoms with Crippen LogP contribution in [0, 0.1) is 0 Å². The van der Waals surface area contributed by atoms with E-state index in [1.54, 1.807) is 0 Å². The van der Waals surface area contributed by atoms with Gasteiger partial charge in [-0.15, -0.1) is 12.4 Å². The average Bonchev–Trinajstić information content (AvgIpc) is 2.12. The minimum Gasteiger partial charge on any atom is -0.376 e. The van der Waals surface area contributed by atoms with E-state index in [0.29, 0.717) is 5.11 Å². The molecule has 0 unspecified atom stereocenters. The third kappa shape index (κ3) is 2.37. The van der Waals surface area contributed by atoms with Crippen molar-refractivity contribution in [3.63, 3.8) is 0 Å². The summed E-state index contributed by atoms with van der Waals surface area (Å²) in [5, 5.41) is 0.558. The van der Waals surface area contributed by atoms with E-state index in [9.17, 15) is 0 Å². The highest BCUT2D eigenvalue weighted by Gasteiger charge is 2.10. The molecule has 1 saturated heterocycles. The Balaban J connectivity index is 0.000000640. The molecule has 1 aliphatic rings. The SMILES string of the molecule is Cl.NC(=S)N1CCCC1. The molecule has 0 saturated carbocycles. The number of hydrogen-bond acceptors (Lipinski definition) is 1. The lowest BCUT2D eigenvalue weighted by molar-refractivity contribution is 0.524. The van der Waals surface area contributed by atoms with Gasteiger partial charge in [0.05, 0.1) is 0 Å². The molecule has 0 radical (unpaired) electrons. The molecule has 54 valence electrons. The largest absolute Gasteiger partial charge is 0.376 e. The fraction of sp³-hybridized carbons (Fsp3) is 0.800. The van der Waals surface area contributed by atoms with E-state index in [1.165, 1.54) is 12.8 Å². The molecule has 9 heavy (non-hydrogen) atoms. The van der Waals surface area contributed by atoms with Crippen LogP contribution in [0.15, 0.2) is 0 Å². The molecule has 0 aliphatic carbocycles. The molecule has 2 nitrogen and oxygen atoms in total. The second kappa shape index (κ2) is 3.90. The summed E-state index contributed by atoms with van der Waals surface area (Å²) in [6.07, 6.45) is 2.49. The average molecular weight is 167 g/mol. The van der Waals surface area contributed by atoms with Gasteiger partial charge in [-0.25, -0.2) is 0 Å². The zero-order valence-electron chi connectivity index (χ0n) is 5.17. The summed E-state index contributed by atoms with van der Waals surface area (Å²) in [6, 6.07) is 0. The summed E-state index contributed by atoms with van der Waals surface area (Å²) in [5.41, 5.74) is 5.36. The quantitative estimate of drug-likeness (QED) is 0.539. The van der Waals surface area contributed by atoms with Crippen LogP contribution in [0.5, 0.6) is 0 Å². The number of halogens is 1. The topological polar surface area (TPSA) is 29.3 Å². The predicted octanol–water partition coefficient (Wildman–Crippen LogP) is 0.748. The van der Waals surface area contributed by atoms with Crippen LogP contribution in [0.4, 0.5) is 0 Å². The van der Waals surface area contributed by atoms with Crippen molar-refractivity contribution in [1.29, 1.82) is 0 Å². The summed E-state index contributed by atoms with van der Waals surface area (Å²) < 4.78 is 0. The second-order valence-corrected chi connectivity index (χ2v) is 2.45. The van der Waals surface area contributed by atoms with Crippen LogP contribution in [0.25, 0.3) is 0 Å². The maximum absolute atomic E-state index is 5.36. The molecule has 0 amide bonds. The van der Waals surface area contributed by atoms with Crippen LogP contribution in [0.2, 0.25) is 0 Å². The summed E-state index contributed by atoms with van der Waals surface area (Å²) >= 11 is 4.76. The minimum absolute atomic E-state index is 0. The number of thiocarbonyl (C=S) groups is 1. The van der Waals surface area contributed by atoms with Crippen LogP contribution in [-0.4, -0.2) is 23.1 Å². The molecular formula is C5H11ClN2S. The number of hydrogen-bond donors (Lipinski definition) is 1. The van der Waals surface area contributed by atoms with E-state index in [2.05, 4.69) is 0 Å². The van der Waals surface area contributed by atoms with Gasteiger partial charge >= 0.3 is 0 Å². The van der Waals surface area contributed by atoms with Gasteiger partial charge in [0.1, 0.15) is 0 Å². The van der Waals surface area contributed by atoms with Crippen molar-refractivity contribution in [3.8, 4) is 0 Å². The van der Waals surface area contributed by atoms with Gasteiger partial charge in [-0.2, -0.15) is 0 Å². The lowest BCUT2D eigenvalue weighted by atomic mass is 10.4. The van der Waals surface area contributed by atoms with Gasteiger partial charge in [-0.1, -0.05) is 0 Å². The number of likely N-dealkylation sites (tertiary alicyclic amines) is 1. The summed E-state index contributed by atoms with van der Waals surface area (Å²) in [4.78, 5) is 2.04. The van der Waals surface area contributed by atoms with Crippen LogP contribution >= 0.6 is 24.6 Å². The van der Waals surface area contributed by atoms with Gasteiger partial charge in [0.15, 0.2) is 5.11 Å². The maximum atomic E-state index is 5.36. The van der Waals surface area contributed by atoms with Crippen molar-refractivity contribution in [3.05, 3.63) is 0 Å². The highest BCUT2D eigenvalue weighted by molar-refractivity contribution is 7.80. The maximum Gasteiger partial charge on any atom is 0.166 e. The molecule has 0 aromatic carbocycles. The molecular weight excluding hydrogens is 156 g/mol. The van der Waals surface area contributed by atoms with Crippen LogP contribution in [-0.2, 0) is 0 Å². The van der Waals surface area contributed by atoms with E-state index in [4.69, 9.17) is 18.0 Å². The zero-order chi connectivity index (χ0) is 5.98. The van der Waals surface area contributed by atoms with Crippen LogP contribution in [0.3, 0.4) is 0 Å². The molecule has 0 spiro atoms. The Morgan fingerprint density at radius 3 is 2.00 bits per heavy atom. The molecule has 0 atom stereocenters. The van der Waals surface area contributed by atoms with E-state index in [-0.39, 0.29) is 12.4 Å². The fourth-order valence-corrected chi connectivity index (χ4v) is 1.12. The Hall–Kier alpha value is -0.0200. The normalized spacial score (nSPS) is 17.1. The molecule has 1 aliphatic heterocycles. The first kappa shape index (κ1) is 8.98. The van der Waals surface area contributed by atoms with E-state index >= 15 is 0 Å². The van der Waals surface area contributed by atoms with E-state index in [0.717, 1.165) is 13.1 Å². The third-order valence-corrected chi connectivity index (χ3v) is 1.68. The number of rotatable bonds is 0. The Morgan fingerprint density at radius 1 is 1.33 bits per heavy atom. The number of nitrogens with two attached hydrogens (primary N) is 1. The van der Waals surface area contributed by atoms with Crippen molar-refractivity contribution < 1.29 is 0 Å². The zero-order valence-corrected chi connectivity index (χ0v) is 6.80. The molecule has 0 aromatic rings. The third-order valence-electron chi connectivity index (χ3n) is 1.42. The molecule has 1 heterocycles. The Morgan fingerprint density at radius 2 is 1.78 bits per heavy atom.